The highest BCUT2D eigenvalue weighted by Crippen LogP contribution is 2.16. The van der Waals surface area contributed by atoms with Crippen molar-refractivity contribution in [3.05, 3.63) is 45.2 Å². The highest BCUT2D eigenvalue weighted by atomic mass is 32.1. The summed E-state index contributed by atoms with van der Waals surface area (Å²) in [6.45, 7) is 4.43. The van der Waals surface area contributed by atoms with Gasteiger partial charge in [0.25, 0.3) is 5.56 Å². The average molecular weight is 315 g/mol. The maximum Gasteiger partial charge on any atom is 0.268 e. The molecule has 0 fully saturated rings. The third-order valence-corrected chi connectivity index (χ3v) is 4.28. The number of hydrogen-bond donors (Lipinski definition) is 1. The first kappa shape index (κ1) is 14.6. The molecule has 0 unspecified atom stereocenters. The minimum atomic E-state index is -0.0866. The summed E-state index contributed by atoms with van der Waals surface area (Å²) in [6, 6.07) is 3.83. The number of aromatic amines is 1. The van der Waals surface area contributed by atoms with Gasteiger partial charge in [-0.2, -0.15) is 0 Å². The van der Waals surface area contributed by atoms with Gasteiger partial charge in [-0.3, -0.25) is 4.79 Å². The number of nitrogens with one attached hydrogen (secondary N) is 1. The van der Waals surface area contributed by atoms with Crippen molar-refractivity contribution in [1.29, 1.82) is 0 Å². The Balaban J connectivity index is 1.90. The van der Waals surface area contributed by atoms with Crippen LogP contribution < -0.4 is 10.5 Å². The van der Waals surface area contributed by atoms with Crippen LogP contribution in [-0.2, 0) is 13.0 Å². The summed E-state index contributed by atoms with van der Waals surface area (Å²) in [5, 5.41) is 1.88. The lowest BCUT2D eigenvalue weighted by atomic mass is 10.3. The van der Waals surface area contributed by atoms with Crippen molar-refractivity contribution in [1.82, 2.24) is 19.9 Å². The van der Waals surface area contributed by atoms with E-state index in [1.165, 1.54) is 11.3 Å². The van der Waals surface area contributed by atoms with Crippen LogP contribution >= 0.6 is 11.3 Å². The van der Waals surface area contributed by atoms with E-state index in [1.807, 2.05) is 36.4 Å². The maximum atomic E-state index is 12.0. The van der Waals surface area contributed by atoms with E-state index < -0.39 is 0 Å². The molecule has 0 radical (unpaired) electrons. The number of nitrogens with zero attached hydrogens (tertiary/aromatic N) is 4. The largest absolute Gasteiger partial charge is 0.352 e. The Morgan fingerprint density at radius 3 is 2.91 bits per heavy atom. The van der Waals surface area contributed by atoms with Gasteiger partial charge in [0.1, 0.15) is 22.2 Å². The van der Waals surface area contributed by atoms with Gasteiger partial charge in [-0.1, -0.05) is 6.92 Å². The molecule has 6 nitrogen and oxygen atoms in total. The molecule has 0 amide bonds. The van der Waals surface area contributed by atoms with Crippen LogP contribution in [0.3, 0.4) is 0 Å². The summed E-state index contributed by atoms with van der Waals surface area (Å²) in [7, 11) is 1.93. The van der Waals surface area contributed by atoms with E-state index in [-0.39, 0.29) is 5.56 Å². The molecule has 7 heteroatoms. The molecule has 0 aromatic carbocycles. The summed E-state index contributed by atoms with van der Waals surface area (Å²) >= 11 is 1.40. The second-order valence-corrected chi connectivity index (χ2v) is 6.04. The van der Waals surface area contributed by atoms with Gasteiger partial charge in [0.2, 0.25) is 0 Å². The van der Waals surface area contributed by atoms with Gasteiger partial charge in [-0.25, -0.2) is 15.0 Å². The first-order valence-electron chi connectivity index (χ1n) is 7.09. The van der Waals surface area contributed by atoms with Crippen LogP contribution in [0.5, 0.6) is 0 Å². The van der Waals surface area contributed by atoms with Gasteiger partial charge >= 0.3 is 0 Å². The van der Waals surface area contributed by atoms with Crippen molar-refractivity contribution >= 4 is 27.4 Å². The number of anilines is 1. The zero-order chi connectivity index (χ0) is 15.7. The molecule has 0 bridgehead atoms. The predicted molar refractivity (Wildman–Crippen MR) is 88.5 cm³/mol. The summed E-state index contributed by atoms with van der Waals surface area (Å²) < 4.78 is 0.664. The standard InChI is InChI=1S/C15H17N5OS/c1-4-10-7-13(17-9(2)16-10)20(3)8-12-18-11-5-6-22-14(11)15(21)19-12/h5-7H,4,8H2,1-3H3,(H,18,19,21). The highest BCUT2D eigenvalue weighted by Gasteiger charge is 2.10. The molecule has 22 heavy (non-hydrogen) atoms. The fourth-order valence-electron chi connectivity index (χ4n) is 2.29. The molecule has 3 aromatic rings. The number of thiophene rings is 1. The van der Waals surface area contributed by atoms with Crippen molar-refractivity contribution < 1.29 is 0 Å². The maximum absolute atomic E-state index is 12.0. The van der Waals surface area contributed by atoms with Crippen LogP contribution in [0.2, 0.25) is 0 Å². The SMILES string of the molecule is CCc1cc(N(C)Cc2nc3ccsc3c(=O)[nH]2)nc(C)n1. The summed E-state index contributed by atoms with van der Waals surface area (Å²) in [5.41, 5.74) is 1.66. The molecule has 0 aliphatic rings. The van der Waals surface area contributed by atoms with Crippen molar-refractivity contribution in [2.45, 2.75) is 26.8 Å². The molecule has 0 saturated heterocycles. The summed E-state index contributed by atoms with van der Waals surface area (Å²) in [5.74, 6) is 2.21. The number of H-pyrrole nitrogens is 1. The van der Waals surface area contributed by atoms with Crippen LogP contribution in [0.4, 0.5) is 5.82 Å². The lowest BCUT2D eigenvalue weighted by molar-refractivity contribution is 0.812. The average Bonchev–Trinajstić information content (AvgIpc) is 2.95. The minimum absolute atomic E-state index is 0.0866. The van der Waals surface area contributed by atoms with Crippen LogP contribution in [0.1, 0.15) is 24.3 Å². The molecule has 1 N–H and O–H groups in total. The van der Waals surface area contributed by atoms with E-state index in [0.29, 0.717) is 17.1 Å². The molecule has 3 heterocycles. The molecule has 3 rings (SSSR count). The molecule has 0 saturated carbocycles. The second-order valence-electron chi connectivity index (χ2n) is 5.12. The Morgan fingerprint density at radius 1 is 1.32 bits per heavy atom. The fourth-order valence-corrected chi connectivity index (χ4v) is 3.02. The van der Waals surface area contributed by atoms with Crippen molar-refractivity contribution in [3.63, 3.8) is 0 Å². The highest BCUT2D eigenvalue weighted by molar-refractivity contribution is 7.17. The van der Waals surface area contributed by atoms with E-state index in [9.17, 15) is 4.79 Å². The van der Waals surface area contributed by atoms with Gasteiger partial charge in [-0.15, -0.1) is 11.3 Å². The Labute approximate surface area is 131 Å². The fraction of sp³-hybridized carbons (Fsp3) is 0.333. The van der Waals surface area contributed by atoms with Crippen molar-refractivity contribution in [2.75, 3.05) is 11.9 Å². The third-order valence-electron chi connectivity index (χ3n) is 3.38. The zero-order valence-electron chi connectivity index (χ0n) is 12.8. The quantitative estimate of drug-likeness (QED) is 0.799. The van der Waals surface area contributed by atoms with Crippen LogP contribution in [-0.4, -0.2) is 27.0 Å². The Morgan fingerprint density at radius 2 is 2.14 bits per heavy atom. The molecule has 3 aromatic heterocycles. The number of aromatic nitrogens is 4. The van der Waals surface area contributed by atoms with E-state index in [0.717, 1.165) is 29.3 Å². The predicted octanol–water partition coefficient (Wildman–Crippen LogP) is 2.28. The Hall–Kier alpha value is -2.28. The first-order valence-corrected chi connectivity index (χ1v) is 7.97. The third kappa shape index (κ3) is 2.85. The monoisotopic (exact) mass is 315 g/mol. The van der Waals surface area contributed by atoms with Gasteiger partial charge in [0.05, 0.1) is 12.1 Å². The van der Waals surface area contributed by atoms with Gasteiger partial charge in [0, 0.05) is 18.8 Å². The van der Waals surface area contributed by atoms with Crippen molar-refractivity contribution in [3.8, 4) is 0 Å². The Bertz CT molecular complexity index is 870. The normalized spacial score (nSPS) is 11.0. The summed E-state index contributed by atoms with van der Waals surface area (Å²) in [6.07, 6.45) is 0.861. The minimum Gasteiger partial charge on any atom is -0.352 e. The van der Waals surface area contributed by atoms with Crippen LogP contribution in [0, 0.1) is 6.92 Å². The molecule has 0 spiro atoms. The molecule has 0 atom stereocenters. The molecular formula is C15H17N5OS. The topological polar surface area (TPSA) is 74.8 Å². The molecule has 114 valence electrons. The Kier molecular flexibility index (Phi) is 3.89. The second kappa shape index (κ2) is 5.84. The smallest absolute Gasteiger partial charge is 0.268 e. The zero-order valence-corrected chi connectivity index (χ0v) is 13.6. The summed E-state index contributed by atoms with van der Waals surface area (Å²) in [4.78, 5) is 30.1. The lowest BCUT2D eigenvalue weighted by Gasteiger charge is -2.18. The molecule has 0 aliphatic heterocycles. The number of hydrogen-bond acceptors (Lipinski definition) is 6. The van der Waals surface area contributed by atoms with E-state index in [2.05, 4.69) is 26.9 Å². The van der Waals surface area contributed by atoms with Gasteiger partial charge < -0.3 is 9.88 Å². The van der Waals surface area contributed by atoms with Gasteiger partial charge in [-0.05, 0) is 24.8 Å². The number of aryl methyl sites for hydroxylation is 2. The van der Waals surface area contributed by atoms with Crippen molar-refractivity contribution in [2.24, 2.45) is 0 Å². The van der Waals surface area contributed by atoms with Crippen LogP contribution in [0.15, 0.2) is 22.3 Å². The lowest BCUT2D eigenvalue weighted by Crippen LogP contribution is -2.22. The molecule has 0 aliphatic carbocycles. The van der Waals surface area contributed by atoms with E-state index in [4.69, 9.17) is 0 Å². The van der Waals surface area contributed by atoms with E-state index >= 15 is 0 Å². The number of fused-ring (bicyclic) bond motifs is 1. The van der Waals surface area contributed by atoms with Gasteiger partial charge in [0.15, 0.2) is 0 Å². The first-order chi connectivity index (χ1) is 10.6. The van der Waals surface area contributed by atoms with Crippen LogP contribution in [0.25, 0.3) is 10.2 Å². The van der Waals surface area contributed by atoms with E-state index in [1.54, 1.807) is 0 Å². The molecular weight excluding hydrogens is 298 g/mol. The number of rotatable bonds is 4.